The van der Waals surface area contributed by atoms with Gasteiger partial charge in [0.15, 0.2) is 0 Å². The maximum absolute atomic E-state index is 11.9. The quantitative estimate of drug-likeness (QED) is 0.657. The maximum Gasteiger partial charge on any atom is 0.308 e. The lowest BCUT2D eigenvalue weighted by Gasteiger charge is -2.36. The molecule has 0 aliphatic carbocycles. The first-order chi connectivity index (χ1) is 14.7. The van der Waals surface area contributed by atoms with Gasteiger partial charge in [-0.15, -0.1) is 0 Å². The average Bonchev–Trinajstić information content (AvgIpc) is 3.11. The summed E-state index contributed by atoms with van der Waals surface area (Å²) in [6.45, 7) is 7.82. The number of piperidine rings is 1. The molecule has 3 saturated heterocycles. The molecule has 6 nitrogen and oxygen atoms in total. The molecule has 3 aliphatic heterocycles. The number of ether oxygens (including phenoxy) is 2. The van der Waals surface area contributed by atoms with E-state index in [1.165, 1.54) is 32.4 Å². The third-order valence-electron chi connectivity index (χ3n) is 7.20. The summed E-state index contributed by atoms with van der Waals surface area (Å²) in [5, 5.41) is 9.82. The number of likely N-dealkylation sites (tertiary alicyclic amines) is 2. The van der Waals surface area contributed by atoms with Crippen molar-refractivity contribution in [2.75, 3.05) is 52.5 Å². The topological polar surface area (TPSA) is 62.2 Å². The predicted molar refractivity (Wildman–Crippen MR) is 116 cm³/mol. The number of nitrogens with zero attached hydrogens (tertiary/aromatic N) is 2. The Hall–Kier alpha value is -1.63. The molecule has 1 atom stereocenters. The first-order valence-electron chi connectivity index (χ1n) is 11.6. The maximum atomic E-state index is 11.9. The standard InChI is InChI=1S/C24H36N2O4/c27-23(28)21-18-26(19-24(21)9-15-29-16-10-24)17-20-7-2-3-8-22(20)30-14-6-13-25-11-4-1-5-12-25/h2-3,7-8,21H,1,4-6,9-19H2,(H,27,28). The van der Waals surface area contributed by atoms with Crippen LogP contribution in [0, 0.1) is 11.3 Å². The minimum absolute atomic E-state index is 0.145. The van der Waals surface area contributed by atoms with Gasteiger partial charge in [0.25, 0.3) is 0 Å². The van der Waals surface area contributed by atoms with Crippen LogP contribution < -0.4 is 4.74 Å². The molecule has 3 heterocycles. The van der Waals surface area contributed by atoms with Crippen molar-refractivity contribution >= 4 is 5.97 Å². The number of carboxylic acids is 1. The Labute approximate surface area is 180 Å². The number of rotatable bonds is 8. The fourth-order valence-corrected chi connectivity index (χ4v) is 5.49. The first-order valence-corrected chi connectivity index (χ1v) is 11.6. The fourth-order valence-electron chi connectivity index (χ4n) is 5.49. The highest BCUT2D eigenvalue weighted by molar-refractivity contribution is 5.72. The molecule has 1 spiro atoms. The molecule has 1 unspecified atom stereocenters. The summed E-state index contributed by atoms with van der Waals surface area (Å²) in [5.41, 5.74) is 1.01. The number of hydrogen-bond acceptors (Lipinski definition) is 5. The summed E-state index contributed by atoms with van der Waals surface area (Å²) in [4.78, 5) is 16.8. The van der Waals surface area contributed by atoms with Gasteiger partial charge in [0, 0.05) is 50.4 Å². The highest BCUT2D eigenvalue weighted by atomic mass is 16.5. The first kappa shape index (κ1) is 21.6. The van der Waals surface area contributed by atoms with E-state index < -0.39 is 5.97 Å². The third kappa shape index (κ3) is 5.16. The van der Waals surface area contributed by atoms with Crippen LogP contribution in [0.15, 0.2) is 24.3 Å². The number of benzene rings is 1. The second kappa shape index (κ2) is 10.1. The van der Waals surface area contributed by atoms with E-state index >= 15 is 0 Å². The average molecular weight is 417 g/mol. The molecule has 30 heavy (non-hydrogen) atoms. The number of hydrogen-bond donors (Lipinski definition) is 1. The van der Waals surface area contributed by atoms with Gasteiger partial charge in [-0.05, 0) is 51.3 Å². The van der Waals surface area contributed by atoms with Crippen molar-refractivity contribution in [3.63, 3.8) is 0 Å². The van der Waals surface area contributed by atoms with Crippen LogP contribution in [0.3, 0.4) is 0 Å². The van der Waals surface area contributed by atoms with Crippen molar-refractivity contribution in [3.8, 4) is 5.75 Å². The van der Waals surface area contributed by atoms with Crippen LogP contribution in [0.1, 0.15) is 44.1 Å². The Morgan fingerprint density at radius 3 is 2.67 bits per heavy atom. The zero-order valence-corrected chi connectivity index (χ0v) is 18.1. The van der Waals surface area contributed by atoms with Gasteiger partial charge in [0.05, 0.1) is 12.5 Å². The van der Waals surface area contributed by atoms with Crippen molar-refractivity contribution in [2.24, 2.45) is 11.3 Å². The van der Waals surface area contributed by atoms with E-state index in [4.69, 9.17) is 9.47 Å². The summed E-state index contributed by atoms with van der Waals surface area (Å²) in [6.07, 6.45) is 6.75. The summed E-state index contributed by atoms with van der Waals surface area (Å²) < 4.78 is 11.7. The lowest BCUT2D eigenvalue weighted by molar-refractivity contribution is -0.147. The van der Waals surface area contributed by atoms with Crippen molar-refractivity contribution in [3.05, 3.63) is 29.8 Å². The molecule has 0 bridgehead atoms. The van der Waals surface area contributed by atoms with Crippen molar-refractivity contribution < 1.29 is 19.4 Å². The minimum atomic E-state index is -0.665. The lowest BCUT2D eigenvalue weighted by atomic mass is 9.72. The number of para-hydroxylation sites is 1. The summed E-state index contributed by atoms with van der Waals surface area (Å²) in [7, 11) is 0. The molecule has 0 saturated carbocycles. The Morgan fingerprint density at radius 1 is 1.13 bits per heavy atom. The van der Waals surface area contributed by atoms with E-state index in [1.54, 1.807) is 0 Å². The number of carbonyl (C=O) groups is 1. The highest BCUT2D eigenvalue weighted by Gasteiger charge is 2.50. The van der Waals surface area contributed by atoms with Crippen LogP contribution in [0.4, 0.5) is 0 Å². The van der Waals surface area contributed by atoms with Gasteiger partial charge in [-0.25, -0.2) is 0 Å². The second-order valence-corrected chi connectivity index (χ2v) is 9.25. The normalized spacial score (nSPS) is 24.9. The van der Waals surface area contributed by atoms with E-state index in [0.717, 1.165) is 56.8 Å². The van der Waals surface area contributed by atoms with Gasteiger partial charge in [0.1, 0.15) is 5.75 Å². The fraction of sp³-hybridized carbons (Fsp3) is 0.708. The van der Waals surface area contributed by atoms with Gasteiger partial charge in [0.2, 0.25) is 0 Å². The summed E-state index contributed by atoms with van der Waals surface area (Å²) >= 11 is 0. The van der Waals surface area contributed by atoms with E-state index in [1.807, 2.05) is 18.2 Å². The predicted octanol–water partition coefficient (Wildman–Crippen LogP) is 3.25. The van der Waals surface area contributed by atoms with Gasteiger partial charge < -0.3 is 19.5 Å². The third-order valence-corrected chi connectivity index (χ3v) is 7.20. The van der Waals surface area contributed by atoms with Crippen LogP contribution in [0.2, 0.25) is 0 Å². The van der Waals surface area contributed by atoms with E-state index in [-0.39, 0.29) is 11.3 Å². The van der Waals surface area contributed by atoms with Crippen molar-refractivity contribution in [1.29, 1.82) is 0 Å². The monoisotopic (exact) mass is 416 g/mol. The van der Waals surface area contributed by atoms with Crippen LogP contribution in [0.5, 0.6) is 5.75 Å². The Bertz CT molecular complexity index is 698. The molecule has 0 radical (unpaired) electrons. The van der Waals surface area contributed by atoms with E-state index in [0.29, 0.717) is 19.8 Å². The van der Waals surface area contributed by atoms with Crippen LogP contribution >= 0.6 is 0 Å². The largest absolute Gasteiger partial charge is 0.493 e. The van der Waals surface area contributed by atoms with Gasteiger partial charge in [-0.3, -0.25) is 9.69 Å². The molecule has 4 rings (SSSR count). The molecular formula is C24H36N2O4. The molecule has 166 valence electrons. The van der Waals surface area contributed by atoms with Crippen molar-refractivity contribution in [2.45, 2.75) is 45.1 Å². The molecule has 1 aromatic carbocycles. The smallest absolute Gasteiger partial charge is 0.308 e. The molecule has 3 fully saturated rings. The second-order valence-electron chi connectivity index (χ2n) is 9.25. The van der Waals surface area contributed by atoms with Crippen LogP contribution in [0.25, 0.3) is 0 Å². The molecule has 3 aliphatic rings. The minimum Gasteiger partial charge on any atom is -0.493 e. The van der Waals surface area contributed by atoms with Gasteiger partial charge >= 0.3 is 5.97 Å². The lowest BCUT2D eigenvalue weighted by Crippen LogP contribution is -2.40. The van der Waals surface area contributed by atoms with Crippen LogP contribution in [-0.2, 0) is 16.1 Å². The molecule has 6 heteroatoms. The van der Waals surface area contributed by atoms with Crippen molar-refractivity contribution in [1.82, 2.24) is 9.80 Å². The van der Waals surface area contributed by atoms with Gasteiger partial charge in [-0.1, -0.05) is 24.6 Å². The highest BCUT2D eigenvalue weighted by Crippen LogP contribution is 2.45. The van der Waals surface area contributed by atoms with E-state index in [2.05, 4.69) is 15.9 Å². The Balaban J connectivity index is 1.32. The zero-order valence-electron chi connectivity index (χ0n) is 18.1. The molecule has 0 amide bonds. The van der Waals surface area contributed by atoms with E-state index in [9.17, 15) is 9.90 Å². The molecule has 1 aromatic rings. The van der Waals surface area contributed by atoms with Crippen LogP contribution in [-0.4, -0.2) is 73.4 Å². The number of aliphatic carboxylic acids is 1. The summed E-state index contributed by atoms with van der Waals surface area (Å²) in [5.74, 6) is -0.0309. The SMILES string of the molecule is O=C(O)C1CN(Cc2ccccc2OCCCN2CCCCC2)CC12CCOCC2. The number of carboxylic acid groups (broad SMARTS) is 1. The molecule has 0 aromatic heterocycles. The Kier molecular flexibility index (Phi) is 7.28. The zero-order chi connectivity index (χ0) is 20.8. The summed E-state index contributed by atoms with van der Waals surface area (Å²) in [6, 6.07) is 8.23. The molecule has 1 N–H and O–H groups in total. The molecular weight excluding hydrogens is 380 g/mol. The Morgan fingerprint density at radius 2 is 1.90 bits per heavy atom. The van der Waals surface area contributed by atoms with Gasteiger partial charge in [-0.2, -0.15) is 0 Å².